The molecule has 0 spiro atoms. The van der Waals surface area contributed by atoms with Crippen LogP contribution in [0.2, 0.25) is 0 Å². The van der Waals surface area contributed by atoms with Gasteiger partial charge in [-0.3, -0.25) is 4.79 Å². The number of hydrogen-bond acceptors (Lipinski definition) is 4. The van der Waals surface area contributed by atoms with Crippen LogP contribution in [0.15, 0.2) is 17.6 Å². The molecule has 1 atom stereocenters. The van der Waals surface area contributed by atoms with Crippen LogP contribution in [0.5, 0.6) is 0 Å². The van der Waals surface area contributed by atoms with E-state index in [4.69, 9.17) is 5.11 Å². The Morgan fingerprint density at radius 2 is 2.41 bits per heavy atom. The predicted molar refractivity (Wildman–Crippen MR) is 57.8 cm³/mol. The third-order valence-corrected chi connectivity index (χ3v) is 4.67. The number of nitrogens with one attached hydrogen (secondary N) is 1. The van der Waals surface area contributed by atoms with Crippen molar-refractivity contribution in [2.75, 3.05) is 6.54 Å². The molecule has 2 N–H and O–H groups in total. The van der Waals surface area contributed by atoms with Gasteiger partial charge in [-0.1, -0.05) is 0 Å². The van der Waals surface area contributed by atoms with Gasteiger partial charge in [0.2, 0.25) is 0 Å². The van der Waals surface area contributed by atoms with Crippen molar-refractivity contribution in [1.82, 2.24) is 14.3 Å². The molecule has 1 saturated heterocycles. The highest BCUT2D eigenvalue weighted by Gasteiger charge is 2.36. The number of imidazole rings is 1. The van der Waals surface area contributed by atoms with Gasteiger partial charge in [0.05, 0.1) is 18.9 Å². The molecule has 17 heavy (non-hydrogen) atoms. The number of sulfonamides is 1. The highest BCUT2D eigenvalue weighted by atomic mass is 32.2. The first kappa shape index (κ1) is 12.1. The standard InChI is InChI=1S/C9H13N3O4S/c13-9(14)4-7-2-1-3-12(7)17(15,16)8-5-10-6-11-8/h5-7H,1-4H2,(H,10,11)(H,13,14). The molecular weight excluding hydrogens is 246 g/mol. The molecule has 1 aromatic rings. The van der Waals surface area contributed by atoms with E-state index in [0.29, 0.717) is 19.4 Å². The van der Waals surface area contributed by atoms with Crippen LogP contribution in [0.4, 0.5) is 0 Å². The van der Waals surface area contributed by atoms with Gasteiger partial charge in [-0.15, -0.1) is 0 Å². The first-order valence-corrected chi connectivity index (χ1v) is 6.68. The van der Waals surface area contributed by atoms with Crippen molar-refractivity contribution in [3.63, 3.8) is 0 Å². The second kappa shape index (κ2) is 4.46. The van der Waals surface area contributed by atoms with Crippen LogP contribution in [0.3, 0.4) is 0 Å². The highest BCUT2D eigenvalue weighted by Crippen LogP contribution is 2.26. The van der Waals surface area contributed by atoms with E-state index < -0.39 is 22.0 Å². The fraction of sp³-hybridized carbons (Fsp3) is 0.556. The number of nitrogens with zero attached hydrogens (tertiary/aromatic N) is 2. The molecule has 1 aliphatic heterocycles. The second-order valence-electron chi connectivity index (χ2n) is 3.93. The largest absolute Gasteiger partial charge is 0.481 e. The molecule has 0 aliphatic carbocycles. The SMILES string of the molecule is O=C(O)CC1CCCN1S(=O)(=O)c1cnc[nH]1. The normalized spacial score (nSPS) is 21.8. The minimum absolute atomic E-state index is 0.00906. The Balaban J connectivity index is 2.24. The Labute approximate surface area is 98.5 Å². The molecule has 0 saturated carbocycles. The number of hydrogen-bond donors (Lipinski definition) is 2. The number of aromatic amines is 1. The summed E-state index contributed by atoms with van der Waals surface area (Å²) in [6, 6.07) is -0.458. The number of carboxylic acids is 1. The fourth-order valence-electron chi connectivity index (χ4n) is 2.04. The average Bonchev–Trinajstić information content (AvgIpc) is 2.85. The molecule has 1 fully saturated rings. The van der Waals surface area contributed by atoms with E-state index >= 15 is 0 Å². The topological polar surface area (TPSA) is 103 Å². The van der Waals surface area contributed by atoms with E-state index in [1.54, 1.807) is 0 Å². The Morgan fingerprint density at radius 1 is 1.65 bits per heavy atom. The molecule has 94 valence electrons. The van der Waals surface area contributed by atoms with Gasteiger partial charge in [0.1, 0.15) is 0 Å². The maximum Gasteiger partial charge on any atom is 0.304 e. The van der Waals surface area contributed by atoms with Crippen LogP contribution < -0.4 is 0 Å². The lowest BCUT2D eigenvalue weighted by Gasteiger charge is -2.21. The molecule has 0 aromatic carbocycles. The number of carbonyl (C=O) groups is 1. The minimum Gasteiger partial charge on any atom is -0.481 e. The number of aromatic nitrogens is 2. The van der Waals surface area contributed by atoms with Crippen LogP contribution in [0, 0.1) is 0 Å². The summed E-state index contributed by atoms with van der Waals surface area (Å²) in [5, 5.41) is 8.76. The fourth-order valence-corrected chi connectivity index (χ4v) is 3.63. The summed E-state index contributed by atoms with van der Waals surface area (Å²) in [5.41, 5.74) is 0. The molecule has 0 amide bonds. The van der Waals surface area contributed by atoms with Crippen LogP contribution in [-0.2, 0) is 14.8 Å². The van der Waals surface area contributed by atoms with E-state index in [-0.39, 0.29) is 11.4 Å². The Morgan fingerprint density at radius 3 is 3.00 bits per heavy atom. The number of H-pyrrole nitrogens is 1. The maximum atomic E-state index is 12.1. The summed E-state index contributed by atoms with van der Waals surface area (Å²) >= 11 is 0. The van der Waals surface area contributed by atoms with Crippen LogP contribution in [-0.4, -0.2) is 46.4 Å². The highest BCUT2D eigenvalue weighted by molar-refractivity contribution is 7.89. The predicted octanol–water partition coefficient (Wildman–Crippen LogP) is 0.0375. The summed E-state index contributed by atoms with van der Waals surface area (Å²) in [4.78, 5) is 16.9. The molecule has 2 heterocycles. The van der Waals surface area contributed by atoms with E-state index in [1.165, 1.54) is 16.8 Å². The quantitative estimate of drug-likeness (QED) is 0.794. The molecule has 0 radical (unpaired) electrons. The summed E-state index contributed by atoms with van der Waals surface area (Å²) in [6.45, 7) is 0.360. The lowest BCUT2D eigenvalue weighted by atomic mass is 10.2. The molecule has 1 aromatic heterocycles. The van der Waals surface area contributed by atoms with E-state index in [2.05, 4.69) is 9.97 Å². The van der Waals surface area contributed by atoms with Gasteiger partial charge < -0.3 is 10.1 Å². The van der Waals surface area contributed by atoms with Crippen molar-refractivity contribution >= 4 is 16.0 Å². The second-order valence-corrected chi connectivity index (χ2v) is 5.78. The van der Waals surface area contributed by atoms with Crippen molar-refractivity contribution in [3.8, 4) is 0 Å². The van der Waals surface area contributed by atoms with E-state index in [1.807, 2.05) is 0 Å². The van der Waals surface area contributed by atoms with Crippen LogP contribution in [0.25, 0.3) is 0 Å². The molecule has 1 unspecified atom stereocenters. The summed E-state index contributed by atoms with van der Waals surface area (Å²) in [7, 11) is -3.64. The van der Waals surface area contributed by atoms with Gasteiger partial charge in [-0.05, 0) is 12.8 Å². The summed E-state index contributed by atoms with van der Waals surface area (Å²) in [6.07, 6.45) is 3.62. The molecule has 2 rings (SSSR count). The molecule has 7 nitrogen and oxygen atoms in total. The first-order chi connectivity index (χ1) is 8.01. The average molecular weight is 259 g/mol. The van der Waals surface area contributed by atoms with Gasteiger partial charge in [-0.2, -0.15) is 4.31 Å². The molecule has 1 aliphatic rings. The smallest absolute Gasteiger partial charge is 0.304 e. The van der Waals surface area contributed by atoms with E-state index in [9.17, 15) is 13.2 Å². The van der Waals surface area contributed by atoms with Crippen LogP contribution in [0.1, 0.15) is 19.3 Å². The van der Waals surface area contributed by atoms with Gasteiger partial charge in [-0.25, -0.2) is 13.4 Å². The van der Waals surface area contributed by atoms with Crippen LogP contribution >= 0.6 is 0 Å². The Kier molecular flexibility index (Phi) is 3.16. The third kappa shape index (κ3) is 2.32. The Hall–Kier alpha value is -1.41. The van der Waals surface area contributed by atoms with Crippen molar-refractivity contribution in [3.05, 3.63) is 12.5 Å². The zero-order valence-corrected chi connectivity index (χ0v) is 9.85. The summed E-state index contributed by atoms with van der Waals surface area (Å²) < 4.78 is 25.5. The van der Waals surface area contributed by atoms with Crippen molar-refractivity contribution < 1.29 is 18.3 Å². The van der Waals surface area contributed by atoms with Crippen molar-refractivity contribution in [2.24, 2.45) is 0 Å². The molecule has 8 heteroatoms. The maximum absolute atomic E-state index is 12.1. The first-order valence-electron chi connectivity index (χ1n) is 5.24. The summed E-state index contributed by atoms with van der Waals surface area (Å²) in [5.74, 6) is -0.985. The number of aliphatic carboxylic acids is 1. The number of rotatable bonds is 4. The van der Waals surface area contributed by atoms with Crippen molar-refractivity contribution in [2.45, 2.75) is 30.3 Å². The number of carboxylic acid groups (broad SMARTS) is 1. The third-order valence-electron chi connectivity index (χ3n) is 2.79. The Bertz CT molecular complexity index is 496. The van der Waals surface area contributed by atoms with Gasteiger partial charge in [0, 0.05) is 12.6 Å². The monoisotopic (exact) mass is 259 g/mol. The lowest BCUT2D eigenvalue weighted by Crippen LogP contribution is -2.37. The van der Waals surface area contributed by atoms with Gasteiger partial charge in [0.25, 0.3) is 10.0 Å². The lowest BCUT2D eigenvalue weighted by molar-refractivity contribution is -0.137. The molecular formula is C9H13N3O4S. The zero-order chi connectivity index (χ0) is 12.5. The molecule has 0 bridgehead atoms. The van der Waals surface area contributed by atoms with Gasteiger partial charge >= 0.3 is 5.97 Å². The van der Waals surface area contributed by atoms with Crippen molar-refractivity contribution in [1.29, 1.82) is 0 Å². The minimum atomic E-state index is -3.64. The van der Waals surface area contributed by atoms with E-state index in [0.717, 1.165) is 0 Å². The zero-order valence-electron chi connectivity index (χ0n) is 9.04. The van der Waals surface area contributed by atoms with Gasteiger partial charge in [0.15, 0.2) is 5.03 Å².